The van der Waals surface area contributed by atoms with Gasteiger partial charge in [-0.25, -0.2) is 0 Å². The summed E-state index contributed by atoms with van der Waals surface area (Å²) in [6.07, 6.45) is -4.06. The number of hydrogen-bond acceptors (Lipinski definition) is 5. The Hall–Kier alpha value is -3.07. The van der Waals surface area contributed by atoms with Crippen molar-refractivity contribution in [2.45, 2.75) is 22.6 Å². The molecule has 0 radical (unpaired) electrons. The Kier molecular flexibility index (Phi) is 5.08. The number of pyridine rings is 1. The van der Waals surface area contributed by atoms with Crippen LogP contribution in [-0.2, 0) is 6.18 Å². The summed E-state index contributed by atoms with van der Waals surface area (Å²) in [5.74, 6) is 1.03. The van der Waals surface area contributed by atoms with Crippen molar-refractivity contribution in [3.63, 3.8) is 0 Å². The molecular weight excluding hydrogens is 439 g/mol. The van der Waals surface area contributed by atoms with Gasteiger partial charge in [-0.3, -0.25) is 4.98 Å². The molecule has 0 amide bonds. The third-order valence-electron chi connectivity index (χ3n) is 5.28. The maximum absolute atomic E-state index is 13.4. The Labute approximate surface area is 185 Å². The molecule has 162 valence electrons. The van der Waals surface area contributed by atoms with Gasteiger partial charge in [-0.2, -0.15) is 13.2 Å². The Morgan fingerprint density at radius 3 is 2.50 bits per heavy atom. The quantitative estimate of drug-likeness (QED) is 0.387. The molecule has 3 aromatic carbocycles. The molecular formula is C24H16F3NO3S. The molecule has 32 heavy (non-hydrogen) atoms. The van der Waals surface area contributed by atoms with Gasteiger partial charge in [0.2, 0.25) is 0 Å². The van der Waals surface area contributed by atoms with E-state index in [1.54, 1.807) is 54.6 Å². The minimum Gasteiger partial charge on any atom is -0.457 e. The number of thioether (sulfide) groups is 1. The minimum atomic E-state index is -4.50. The lowest BCUT2D eigenvalue weighted by Gasteiger charge is -2.13. The first-order valence-corrected chi connectivity index (χ1v) is 10.6. The number of fused-ring (bicyclic) bond motifs is 2. The van der Waals surface area contributed by atoms with E-state index >= 15 is 0 Å². The molecule has 2 atom stereocenters. The summed E-state index contributed by atoms with van der Waals surface area (Å²) in [6.45, 7) is 0. The zero-order valence-electron chi connectivity index (χ0n) is 16.4. The van der Waals surface area contributed by atoms with Crippen LogP contribution in [0.25, 0.3) is 22.0 Å². The zero-order chi connectivity index (χ0) is 22.5. The smallest absolute Gasteiger partial charge is 0.418 e. The number of ether oxygens (including phenoxy) is 1. The molecule has 0 saturated heterocycles. The molecule has 0 aliphatic carbocycles. The number of halogens is 3. The summed E-state index contributed by atoms with van der Waals surface area (Å²) in [7, 11) is 0. The fraction of sp³-hybridized carbons (Fsp3) is 0.125. The lowest BCUT2D eigenvalue weighted by atomic mass is 9.99. The third kappa shape index (κ3) is 3.70. The monoisotopic (exact) mass is 455 g/mol. The first-order valence-electron chi connectivity index (χ1n) is 9.71. The van der Waals surface area contributed by atoms with E-state index in [0.29, 0.717) is 33.6 Å². The van der Waals surface area contributed by atoms with E-state index in [0.717, 1.165) is 22.7 Å². The highest BCUT2D eigenvalue weighted by molar-refractivity contribution is 8.00. The van der Waals surface area contributed by atoms with Gasteiger partial charge in [0.15, 0.2) is 0 Å². The van der Waals surface area contributed by atoms with Crippen molar-refractivity contribution in [1.29, 1.82) is 0 Å². The van der Waals surface area contributed by atoms with Gasteiger partial charge in [-0.15, -0.1) is 0 Å². The van der Waals surface area contributed by atoms with Crippen LogP contribution in [0.4, 0.5) is 13.2 Å². The summed E-state index contributed by atoms with van der Waals surface area (Å²) in [4.78, 5) is 4.71. The number of rotatable bonds is 3. The number of nitrogens with zero attached hydrogens (tertiary/aromatic N) is 1. The fourth-order valence-electron chi connectivity index (χ4n) is 3.79. The van der Waals surface area contributed by atoms with Gasteiger partial charge in [0, 0.05) is 16.5 Å². The lowest BCUT2D eigenvalue weighted by molar-refractivity contribution is -0.136. The van der Waals surface area contributed by atoms with Crippen molar-refractivity contribution in [2.24, 2.45) is 0 Å². The molecule has 0 spiro atoms. The normalized spacial score (nSPS) is 18.0. The summed E-state index contributed by atoms with van der Waals surface area (Å²) in [5.41, 5.74) is 0.163. The van der Waals surface area contributed by atoms with E-state index in [-0.39, 0.29) is 5.52 Å². The highest BCUT2D eigenvalue weighted by atomic mass is 32.2. The number of aliphatic hydroxyl groups excluding tert-OH is 2. The summed E-state index contributed by atoms with van der Waals surface area (Å²) in [6, 6.07) is 17.9. The van der Waals surface area contributed by atoms with E-state index in [4.69, 9.17) is 4.74 Å². The molecule has 5 rings (SSSR count). The van der Waals surface area contributed by atoms with Crippen LogP contribution in [-0.4, -0.2) is 20.6 Å². The van der Waals surface area contributed by atoms with Gasteiger partial charge in [0.1, 0.15) is 23.0 Å². The van der Waals surface area contributed by atoms with E-state index in [9.17, 15) is 23.4 Å². The molecule has 0 saturated carbocycles. The van der Waals surface area contributed by atoms with Crippen LogP contribution in [0, 0.1) is 0 Å². The average molecular weight is 455 g/mol. The molecule has 1 aliphatic heterocycles. The lowest BCUT2D eigenvalue weighted by Crippen LogP contribution is -2.07. The average Bonchev–Trinajstić information content (AvgIpc) is 3.05. The van der Waals surface area contributed by atoms with Gasteiger partial charge < -0.3 is 14.9 Å². The largest absolute Gasteiger partial charge is 0.457 e. The Balaban J connectivity index is 1.51. The van der Waals surface area contributed by atoms with E-state index in [1.165, 1.54) is 12.3 Å². The molecule has 4 nitrogen and oxygen atoms in total. The summed E-state index contributed by atoms with van der Waals surface area (Å²) < 4.78 is 46.2. The van der Waals surface area contributed by atoms with Crippen LogP contribution in [0.2, 0.25) is 0 Å². The van der Waals surface area contributed by atoms with Crippen molar-refractivity contribution in [1.82, 2.24) is 4.98 Å². The highest BCUT2D eigenvalue weighted by Crippen LogP contribution is 2.45. The van der Waals surface area contributed by atoms with E-state index in [1.807, 2.05) is 0 Å². The molecule has 2 N–H and O–H groups in total. The maximum Gasteiger partial charge on any atom is 0.418 e. The first kappa shape index (κ1) is 20.8. The van der Waals surface area contributed by atoms with Crippen LogP contribution >= 0.6 is 11.8 Å². The number of aliphatic hydroxyl groups is 2. The van der Waals surface area contributed by atoms with Crippen molar-refractivity contribution in [2.75, 3.05) is 0 Å². The molecule has 2 heterocycles. The van der Waals surface area contributed by atoms with Crippen LogP contribution < -0.4 is 4.74 Å². The predicted octanol–water partition coefficient (Wildman–Crippen LogP) is 6.17. The number of para-hydroxylation sites is 1. The minimum absolute atomic E-state index is 0.100. The second-order valence-electron chi connectivity index (χ2n) is 7.34. The zero-order valence-corrected chi connectivity index (χ0v) is 17.2. The topological polar surface area (TPSA) is 62.6 Å². The van der Waals surface area contributed by atoms with Crippen molar-refractivity contribution < 1.29 is 28.1 Å². The fourth-order valence-corrected chi connectivity index (χ4v) is 4.84. The molecule has 0 fully saturated rings. The van der Waals surface area contributed by atoms with Gasteiger partial charge in [0.25, 0.3) is 0 Å². The predicted molar refractivity (Wildman–Crippen MR) is 116 cm³/mol. The molecule has 8 heteroatoms. The number of aromatic nitrogens is 1. The first-order chi connectivity index (χ1) is 15.3. The second-order valence-corrected chi connectivity index (χ2v) is 8.50. The Bertz CT molecular complexity index is 1330. The van der Waals surface area contributed by atoms with Crippen molar-refractivity contribution in [3.05, 3.63) is 84.1 Å². The van der Waals surface area contributed by atoms with Gasteiger partial charge in [0.05, 0.1) is 11.1 Å². The van der Waals surface area contributed by atoms with Gasteiger partial charge >= 0.3 is 6.18 Å². The molecule has 2 unspecified atom stereocenters. The van der Waals surface area contributed by atoms with Gasteiger partial charge in [-0.1, -0.05) is 42.1 Å². The summed E-state index contributed by atoms with van der Waals surface area (Å²) in [5, 5.41) is 20.2. The third-order valence-corrected chi connectivity index (χ3v) is 6.39. The van der Waals surface area contributed by atoms with Crippen molar-refractivity contribution in [3.8, 4) is 22.6 Å². The van der Waals surface area contributed by atoms with E-state index in [2.05, 4.69) is 4.98 Å². The number of benzene rings is 3. The van der Waals surface area contributed by atoms with Crippen LogP contribution in [0.3, 0.4) is 0 Å². The Morgan fingerprint density at radius 1 is 0.906 bits per heavy atom. The molecule has 0 bridgehead atoms. The van der Waals surface area contributed by atoms with Crippen LogP contribution in [0.1, 0.15) is 17.2 Å². The molecule has 1 aromatic heterocycles. The van der Waals surface area contributed by atoms with Crippen LogP contribution in [0.15, 0.2) is 77.8 Å². The number of alkyl halides is 3. The maximum atomic E-state index is 13.4. The molecule has 1 aliphatic rings. The SMILES string of the molecule is OC1Sc2cc(Oc3cccc(-c4ccnc5c(C(F)(F)F)cccc45)c3)ccc2C1O. The van der Waals surface area contributed by atoms with E-state index < -0.39 is 23.3 Å². The number of hydrogen-bond donors (Lipinski definition) is 2. The van der Waals surface area contributed by atoms with Gasteiger partial charge in [-0.05, 0) is 53.1 Å². The van der Waals surface area contributed by atoms with Crippen LogP contribution in [0.5, 0.6) is 11.5 Å². The second kappa shape index (κ2) is 7.81. The highest BCUT2D eigenvalue weighted by Gasteiger charge is 2.33. The Morgan fingerprint density at radius 2 is 1.69 bits per heavy atom. The summed E-state index contributed by atoms with van der Waals surface area (Å²) >= 11 is 1.16. The van der Waals surface area contributed by atoms with Crippen molar-refractivity contribution >= 4 is 22.7 Å². The molecule has 4 aromatic rings. The standard InChI is InChI=1S/C24H16F3NO3S/c25-24(26,27)19-6-2-5-17-16(9-10-28-21(17)19)13-3-1-4-14(11-13)31-15-7-8-18-20(12-15)32-23(30)22(18)29/h1-12,22-23,29-30H.